The first-order valence-corrected chi connectivity index (χ1v) is 7.57. The second kappa shape index (κ2) is 8.51. The lowest BCUT2D eigenvalue weighted by Gasteiger charge is -2.27. The molecule has 2 rings (SSSR count). The van der Waals surface area contributed by atoms with Gasteiger partial charge in [0.05, 0.1) is 19.1 Å². The summed E-state index contributed by atoms with van der Waals surface area (Å²) in [7, 11) is 0. The van der Waals surface area contributed by atoms with Crippen LogP contribution in [-0.2, 0) is 20.9 Å². The lowest BCUT2D eigenvalue weighted by molar-refractivity contribution is -0.135. The maximum absolute atomic E-state index is 12.5. The Balaban J connectivity index is 1.95. The van der Waals surface area contributed by atoms with E-state index in [2.05, 4.69) is 5.32 Å². The standard InChI is InChI=1S/C16H23N3O3/c17-15(20)6-8-19(12-13-4-2-1-3-5-13)16(21)10-14-11-18-7-9-22-14/h1-5,14,18H,6-12H2,(H2,17,20). The fourth-order valence-electron chi connectivity index (χ4n) is 2.42. The summed E-state index contributed by atoms with van der Waals surface area (Å²) in [5.41, 5.74) is 6.24. The molecule has 0 saturated carbocycles. The topological polar surface area (TPSA) is 84.7 Å². The van der Waals surface area contributed by atoms with Crippen molar-refractivity contribution >= 4 is 11.8 Å². The van der Waals surface area contributed by atoms with Gasteiger partial charge in [-0.05, 0) is 5.56 Å². The summed E-state index contributed by atoms with van der Waals surface area (Å²) in [4.78, 5) is 25.2. The Morgan fingerprint density at radius 1 is 1.32 bits per heavy atom. The molecule has 2 amide bonds. The van der Waals surface area contributed by atoms with Crippen molar-refractivity contribution in [2.45, 2.75) is 25.5 Å². The molecule has 1 saturated heterocycles. The first-order chi connectivity index (χ1) is 10.6. The third-order valence-electron chi connectivity index (χ3n) is 3.60. The van der Waals surface area contributed by atoms with Crippen molar-refractivity contribution in [3.05, 3.63) is 35.9 Å². The number of morpholine rings is 1. The fourth-order valence-corrected chi connectivity index (χ4v) is 2.42. The Morgan fingerprint density at radius 3 is 2.73 bits per heavy atom. The normalized spacial score (nSPS) is 17.9. The third kappa shape index (κ3) is 5.46. The van der Waals surface area contributed by atoms with Crippen LogP contribution in [0.3, 0.4) is 0 Å². The third-order valence-corrected chi connectivity index (χ3v) is 3.60. The first kappa shape index (κ1) is 16.5. The zero-order chi connectivity index (χ0) is 15.8. The monoisotopic (exact) mass is 305 g/mol. The molecule has 1 unspecified atom stereocenters. The highest BCUT2D eigenvalue weighted by atomic mass is 16.5. The van der Waals surface area contributed by atoms with E-state index in [0.717, 1.165) is 12.1 Å². The van der Waals surface area contributed by atoms with E-state index < -0.39 is 5.91 Å². The van der Waals surface area contributed by atoms with Gasteiger partial charge in [-0.25, -0.2) is 0 Å². The highest BCUT2D eigenvalue weighted by Crippen LogP contribution is 2.10. The van der Waals surface area contributed by atoms with E-state index >= 15 is 0 Å². The van der Waals surface area contributed by atoms with Crippen molar-refractivity contribution in [3.8, 4) is 0 Å². The molecule has 1 fully saturated rings. The summed E-state index contributed by atoms with van der Waals surface area (Å²) in [6.07, 6.45) is 0.383. The molecule has 6 nitrogen and oxygen atoms in total. The molecule has 120 valence electrons. The number of carbonyl (C=O) groups excluding carboxylic acids is 2. The van der Waals surface area contributed by atoms with Gasteiger partial charge in [-0.15, -0.1) is 0 Å². The van der Waals surface area contributed by atoms with Crippen LogP contribution < -0.4 is 11.1 Å². The number of nitrogens with two attached hydrogens (primary N) is 1. The minimum atomic E-state index is -0.401. The molecule has 1 aromatic carbocycles. The van der Waals surface area contributed by atoms with Crippen LogP contribution in [0.1, 0.15) is 18.4 Å². The van der Waals surface area contributed by atoms with Gasteiger partial charge in [0.1, 0.15) is 0 Å². The number of carbonyl (C=O) groups is 2. The predicted molar refractivity (Wildman–Crippen MR) is 82.9 cm³/mol. The Bertz CT molecular complexity index is 487. The van der Waals surface area contributed by atoms with Crippen LogP contribution >= 0.6 is 0 Å². The van der Waals surface area contributed by atoms with Gasteiger partial charge in [0, 0.05) is 32.6 Å². The van der Waals surface area contributed by atoms with Crippen LogP contribution in [0.4, 0.5) is 0 Å². The van der Waals surface area contributed by atoms with Crippen molar-refractivity contribution in [1.82, 2.24) is 10.2 Å². The Morgan fingerprint density at radius 2 is 2.09 bits per heavy atom. The smallest absolute Gasteiger partial charge is 0.225 e. The minimum Gasteiger partial charge on any atom is -0.375 e. The molecule has 0 radical (unpaired) electrons. The van der Waals surface area contributed by atoms with Crippen molar-refractivity contribution in [1.29, 1.82) is 0 Å². The van der Waals surface area contributed by atoms with Gasteiger partial charge in [-0.1, -0.05) is 30.3 Å². The average molecular weight is 305 g/mol. The average Bonchev–Trinajstić information content (AvgIpc) is 2.53. The zero-order valence-electron chi connectivity index (χ0n) is 12.7. The van der Waals surface area contributed by atoms with Gasteiger partial charge in [-0.2, -0.15) is 0 Å². The summed E-state index contributed by atoms with van der Waals surface area (Å²) in [6.45, 7) is 2.94. The molecular weight excluding hydrogens is 282 g/mol. The lowest BCUT2D eigenvalue weighted by atomic mass is 10.1. The number of ether oxygens (including phenoxy) is 1. The van der Waals surface area contributed by atoms with Gasteiger partial charge in [0.2, 0.25) is 11.8 Å². The van der Waals surface area contributed by atoms with E-state index in [0.29, 0.717) is 32.7 Å². The molecule has 1 aliphatic heterocycles. The fraction of sp³-hybridized carbons (Fsp3) is 0.500. The molecular formula is C16H23N3O3. The van der Waals surface area contributed by atoms with Crippen molar-refractivity contribution in [2.24, 2.45) is 5.73 Å². The Kier molecular flexibility index (Phi) is 6.36. The molecule has 3 N–H and O–H groups in total. The number of nitrogens with one attached hydrogen (secondary N) is 1. The number of benzene rings is 1. The van der Waals surface area contributed by atoms with Gasteiger partial charge < -0.3 is 20.7 Å². The van der Waals surface area contributed by atoms with Gasteiger partial charge in [0.15, 0.2) is 0 Å². The van der Waals surface area contributed by atoms with Gasteiger partial charge in [0.25, 0.3) is 0 Å². The second-order valence-electron chi connectivity index (χ2n) is 5.42. The first-order valence-electron chi connectivity index (χ1n) is 7.57. The van der Waals surface area contributed by atoms with E-state index in [1.165, 1.54) is 0 Å². The molecule has 0 aliphatic carbocycles. The summed E-state index contributed by atoms with van der Waals surface area (Å²) < 4.78 is 5.57. The summed E-state index contributed by atoms with van der Waals surface area (Å²) in [6, 6.07) is 9.72. The van der Waals surface area contributed by atoms with Crippen LogP contribution in [0.25, 0.3) is 0 Å². The number of nitrogens with zero attached hydrogens (tertiary/aromatic N) is 1. The molecule has 0 spiro atoms. The largest absolute Gasteiger partial charge is 0.375 e. The Hall–Kier alpha value is -1.92. The summed E-state index contributed by atoms with van der Waals surface area (Å²) >= 11 is 0. The van der Waals surface area contributed by atoms with Crippen molar-refractivity contribution < 1.29 is 14.3 Å². The number of hydrogen-bond donors (Lipinski definition) is 2. The molecule has 0 aromatic heterocycles. The van der Waals surface area contributed by atoms with Crippen LogP contribution in [-0.4, -0.2) is 49.1 Å². The van der Waals surface area contributed by atoms with E-state index in [4.69, 9.17) is 10.5 Å². The van der Waals surface area contributed by atoms with Gasteiger partial charge >= 0.3 is 0 Å². The maximum atomic E-state index is 12.5. The maximum Gasteiger partial charge on any atom is 0.225 e. The van der Waals surface area contributed by atoms with Gasteiger partial charge in [-0.3, -0.25) is 9.59 Å². The molecule has 22 heavy (non-hydrogen) atoms. The number of hydrogen-bond acceptors (Lipinski definition) is 4. The highest BCUT2D eigenvalue weighted by molar-refractivity contribution is 5.78. The van der Waals surface area contributed by atoms with Crippen molar-refractivity contribution in [3.63, 3.8) is 0 Å². The van der Waals surface area contributed by atoms with E-state index in [9.17, 15) is 9.59 Å². The number of amides is 2. The van der Waals surface area contributed by atoms with Crippen LogP contribution in [0.2, 0.25) is 0 Å². The van der Waals surface area contributed by atoms with Crippen LogP contribution in [0.5, 0.6) is 0 Å². The number of primary amides is 1. The van der Waals surface area contributed by atoms with Crippen LogP contribution in [0, 0.1) is 0 Å². The highest BCUT2D eigenvalue weighted by Gasteiger charge is 2.22. The summed E-state index contributed by atoms with van der Waals surface area (Å²) in [5.74, 6) is -0.416. The number of rotatable bonds is 7. The lowest BCUT2D eigenvalue weighted by Crippen LogP contribution is -2.43. The Labute approximate surface area is 130 Å². The zero-order valence-corrected chi connectivity index (χ0v) is 12.7. The molecule has 1 atom stereocenters. The van der Waals surface area contributed by atoms with E-state index in [1.54, 1.807) is 4.90 Å². The predicted octanol–water partition coefficient (Wildman–Crippen LogP) is 0.269. The molecule has 6 heteroatoms. The molecule has 1 aromatic rings. The van der Waals surface area contributed by atoms with E-state index in [-0.39, 0.29) is 18.4 Å². The quantitative estimate of drug-likeness (QED) is 0.757. The van der Waals surface area contributed by atoms with Crippen molar-refractivity contribution in [2.75, 3.05) is 26.2 Å². The summed E-state index contributed by atoms with van der Waals surface area (Å²) in [5, 5.41) is 3.21. The minimum absolute atomic E-state index is 0.0150. The van der Waals surface area contributed by atoms with Crippen LogP contribution in [0.15, 0.2) is 30.3 Å². The van der Waals surface area contributed by atoms with E-state index in [1.807, 2.05) is 30.3 Å². The second-order valence-corrected chi connectivity index (χ2v) is 5.42. The SMILES string of the molecule is NC(=O)CCN(Cc1ccccc1)C(=O)CC1CNCCO1. The molecule has 1 aliphatic rings. The molecule has 0 bridgehead atoms. The molecule has 1 heterocycles.